The quantitative estimate of drug-likeness (QED) is 0.388. The number of imide groups is 1. The van der Waals surface area contributed by atoms with Crippen LogP contribution in [0.4, 0.5) is 5.69 Å². The van der Waals surface area contributed by atoms with Crippen LogP contribution in [0.2, 0.25) is 0 Å². The van der Waals surface area contributed by atoms with Crippen LogP contribution in [0.15, 0.2) is 62.5 Å². The van der Waals surface area contributed by atoms with Crippen LogP contribution < -0.4 is 15.8 Å². The highest BCUT2D eigenvalue weighted by Gasteiger charge is 2.48. The zero-order valence-electron chi connectivity index (χ0n) is 16.5. The number of fused-ring (bicyclic) bond motifs is 1. The van der Waals surface area contributed by atoms with Crippen LogP contribution >= 0.6 is 0 Å². The van der Waals surface area contributed by atoms with Gasteiger partial charge in [0.25, 0.3) is 0 Å². The monoisotopic (exact) mass is 440 g/mol. The summed E-state index contributed by atoms with van der Waals surface area (Å²) in [6.45, 7) is 1.51. The van der Waals surface area contributed by atoms with Gasteiger partial charge in [0.05, 0.1) is 5.75 Å². The molecule has 2 amide bonds. The second kappa shape index (κ2) is 7.61. The van der Waals surface area contributed by atoms with Crippen molar-refractivity contribution in [2.45, 2.75) is 19.4 Å². The van der Waals surface area contributed by atoms with Gasteiger partial charge in [0.2, 0.25) is 0 Å². The zero-order chi connectivity index (χ0) is 22.3. The Bertz CT molecular complexity index is 1390. The number of hydrogen-bond donors (Lipinski definition) is 2. The lowest BCUT2D eigenvalue weighted by atomic mass is 9.94. The minimum atomic E-state index is -3.32. The Labute approximate surface area is 177 Å². The number of benzene rings is 1. The number of quaternary nitrogens is 1. The van der Waals surface area contributed by atoms with Gasteiger partial charge in [-0.2, -0.15) is 10.2 Å². The summed E-state index contributed by atoms with van der Waals surface area (Å²) in [6, 6.07) is 9.01. The first-order chi connectivity index (χ1) is 14.7. The number of carbonyl (C=O) groups excluding carboxylic acids is 2. The molecule has 2 atom stereocenters. The van der Waals surface area contributed by atoms with E-state index in [0.717, 1.165) is 0 Å². The van der Waals surface area contributed by atoms with Gasteiger partial charge in [-0.1, -0.05) is 0 Å². The van der Waals surface area contributed by atoms with Crippen molar-refractivity contribution in [3.63, 3.8) is 0 Å². The molecular formula is C21H18N3O6S+. The summed E-state index contributed by atoms with van der Waals surface area (Å²) in [5.74, 6) is -1.61. The molecule has 1 fully saturated rings. The van der Waals surface area contributed by atoms with Crippen molar-refractivity contribution in [2.24, 2.45) is 0 Å². The summed E-state index contributed by atoms with van der Waals surface area (Å²) in [6.07, 6.45) is 1.59. The minimum absolute atomic E-state index is 0.0865. The fourth-order valence-electron chi connectivity index (χ4n) is 3.88. The third-order valence-corrected chi connectivity index (χ3v) is 7.26. The summed E-state index contributed by atoms with van der Waals surface area (Å²) in [5.41, 5.74) is 0.749. The molecule has 1 aromatic heterocycles. The number of anilines is 1. The third kappa shape index (κ3) is 3.81. The summed E-state index contributed by atoms with van der Waals surface area (Å²) >= 11 is 0. The maximum atomic E-state index is 13.1. The number of amides is 2. The number of nitrogens with one attached hydrogen (secondary N) is 2. The average molecular weight is 440 g/mol. The van der Waals surface area contributed by atoms with E-state index in [0.29, 0.717) is 16.7 Å². The summed E-state index contributed by atoms with van der Waals surface area (Å²) in [7, 11) is -3.32. The molecule has 0 saturated carbocycles. The summed E-state index contributed by atoms with van der Waals surface area (Å²) in [4.78, 5) is 37.0. The van der Waals surface area contributed by atoms with Crippen LogP contribution in [0.25, 0.3) is 11.0 Å². The molecule has 1 unspecified atom stereocenters. The molecule has 0 radical (unpaired) electrons. The van der Waals surface area contributed by atoms with Gasteiger partial charge in [-0.3, -0.25) is 0 Å². The van der Waals surface area contributed by atoms with E-state index in [-0.39, 0.29) is 39.5 Å². The maximum absolute atomic E-state index is 13.1. The zero-order valence-corrected chi connectivity index (χ0v) is 17.3. The predicted molar refractivity (Wildman–Crippen MR) is 111 cm³/mol. The molecule has 2 aliphatic rings. The number of hydrogen-bond acceptors (Lipinski definition) is 8. The Morgan fingerprint density at radius 1 is 1.19 bits per heavy atom. The van der Waals surface area contributed by atoms with Gasteiger partial charge in [0, 0.05) is 29.8 Å². The molecule has 1 saturated heterocycles. The van der Waals surface area contributed by atoms with Gasteiger partial charge in [0.1, 0.15) is 29.0 Å². The molecular weight excluding hydrogens is 422 g/mol. The van der Waals surface area contributed by atoms with E-state index >= 15 is 0 Å². The lowest BCUT2D eigenvalue weighted by Crippen LogP contribution is -3.21. The summed E-state index contributed by atoms with van der Waals surface area (Å²) in [5, 5.41) is 13.1. The fraction of sp³-hybridized carbons (Fsp3) is 0.238. The standard InChI is InChI=1S/C21H17N3O6S/c1-12-16(9-22)20(26)24(15-6-7-31(28,29)11-15)21(27)17(12)10-23-14-3-4-18-13(8-14)2-5-19(25)30-18/h2-5,8,10,15,23H,6-7,11H2,1H3/p+1/b17-10-/t15-/m1/s1. The van der Waals surface area contributed by atoms with Crippen molar-refractivity contribution in [1.82, 2.24) is 0 Å². The molecule has 1 aromatic carbocycles. The van der Waals surface area contributed by atoms with E-state index < -0.39 is 33.3 Å². The van der Waals surface area contributed by atoms with E-state index in [2.05, 4.69) is 5.32 Å². The molecule has 2 aliphatic heterocycles. The number of nitriles is 1. The van der Waals surface area contributed by atoms with Crippen molar-refractivity contribution in [1.29, 1.82) is 5.26 Å². The molecule has 2 N–H and O–H groups in total. The van der Waals surface area contributed by atoms with Crippen molar-refractivity contribution in [3.05, 3.63) is 63.7 Å². The van der Waals surface area contributed by atoms with E-state index in [9.17, 15) is 28.1 Å². The second-order valence-corrected chi connectivity index (χ2v) is 9.72. The molecule has 0 aliphatic carbocycles. The molecule has 10 heteroatoms. The minimum Gasteiger partial charge on any atom is -0.423 e. The molecule has 3 heterocycles. The van der Waals surface area contributed by atoms with Crippen LogP contribution in [-0.2, 0) is 19.4 Å². The lowest BCUT2D eigenvalue weighted by molar-refractivity contribution is -0.761. The van der Waals surface area contributed by atoms with Gasteiger partial charge in [-0.25, -0.2) is 22.8 Å². The fourth-order valence-corrected chi connectivity index (χ4v) is 5.63. The van der Waals surface area contributed by atoms with Crippen molar-refractivity contribution >= 4 is 38.3 Å². The predicted octanol–water partition coefficient (Wildman–Crippen LogP) is 0.0677. The Morgan fingerprint density at radius 3 is 2.65 bits per heavy atom. The van der Waals surface area contributed by atoms with Crippen LogP contribution in [0.1, 0.15) is 13.3 Å². The molecule has 0 spiro atoms. The second-order valence-electron chi connectivity index (χ2n) is 7.49. The van der Waals surface area contributed by atoms with Crippen LogP contribution in [0, 0.1) is 11.3 Å². The van der Waals surface area contributed by atoms with E-state index in [1.54, 1.807) is 24.3 Å². The topological polar surface area (TPSA) is 139 Å². The Morgan fingerprint density at radius 2 is 1.97 bits per heavy atom. The van der Waals surface area contributed by atoms with Gasteiger partial charge in [-0.05, 0) is 36.8 Å². The first-order valence-corrected chi connectivity index (χ1v) is 11.3. The Balaban J connectivity index is 1.69. The van der Waals surface area contributed by atoms with Crippen LogP contribution in [-0.4, -0.2) is 37.8 Å². The number of carbonyl (C=O) groups is 2. The highest BCUT2D eigenvalue weighted by Crippen LogP contribution is 2.22. The largest absolute Gasteiger partial charge is 0.423 e. The van der Waals surface area contributed by atoms with Crippen LogP contribution in [0.3, 0.4) is 0 Å². The molecule has 0 bridgehead atoms. The SMILES string of the molecule is CC1=C(C#N)C(=O)[NH+]([C@@H]2CCS(=O)(=O)C2)C(=O)/C1=C\Nc1ccc2oc(=O)ccc2c1. The third-order valence-electron chi connectivity index (χ3n) is 5.49. The van der Waals surface area contributed by atoms with Crippen molar-refractivity contribution in [3.8, 4) is 6.07 Å². The van der Waals surface area contributed by atoms with Crippen molar-refractivity contribution in [2.75, 3.05) is 16.8 Å². The molecule has 31 heavy (non-hydrogen) atoms. The van der Waals surface area contributed by atoms with E-state index in [1.807, 2.05) is 6.07 Å². The smallest absolute Gasteiger partial charge is 0.363 e. The highest BCUT2D eigenvalue weighted by atomic mass is 32.2. The van der Waals surface area contributed by atoms with Gasteiger partial charge < -0.3 is 9.73 Å². The molecule has 158 valence electrons. The average Bonchev–Trinajstić information content (AvgIpc) is 3.07. The lowest BCUT2D eigenvalue weighted by Gasteiger charge is -2.25. The van der Waals surface area contributed by atoms with E-state index in [4.69, 9.17) is 4.42 Å². The number of sulfone groups is 1. The number of rotatable bonds is 3. The van der Waals surface area contributed by atoms with E-state index in [1.165, 1.54) is 19.2 Å². The molecule has 9 nitrogen and oxygen atoms in total. The first kappa shape index (κ1) is 20.7. The highest BCUT2D eigenvalue weighted by molar-refractivity contribution is 7.91. The van der Waals surface area contributed by atoms with Gasteiger partial charge in [0.15, 0.2) is 15.4 Å². The summed E-state index contributed by atoms with van der Waals surface area (Å²) < 4.78 is 28.8. The Hall–Kier alpha value is -3.55. The van der Waals surface area contributed by atoms with Gasteiger partial charge >= 0.3 is 17.4 Å². The maximum Gasteiger partial charge on any atom is 0.363 e. The Kier molecular flexibility index (Phi) is 5.08. The molecule has 2 aromatic rings. The normalized spacial score (nSPS) is 24.6. The van der Waals surface area contributed by atoms with Crippen molar-refractivity contribution < 1.29 is 27.3 Å². The molecule has 4 rings (SSSR count). The number of nitrogens with zero attached hydrogens (tertiary/aromatic N) is 1. The van der Waals surface area contributed by atoms with Crippen LogP contribution in [0.5, 0.6) is 0 Å². The van der Waals surface area contributed by atoms with Gasteiger partial charge in [-0.15, -0.1) is 0 Å². The first-order valence-electron chi connectivity index (χ1n) is 9.49.